The monoisotopic (exact) mass is 441 g/mol. The topological polar surface area (TPSA) is 47.3 Å². The Morgan fingerprint density at radius 3 is 2.06 bits per heavy atom. The summed E-state index contributed by atoms with van der Waals surface area (Å²) >= 11 is 0. The second-order valence-electron chi connectivity index (χ2n) is 8.71. The van der Waals surface area contributed by atoms with Gasteiger partial charge in [-0.2, -0.15) is 18.4 Å². The minimum Gasteiger partial charge on any atom is -0.371 e. The summed E-state index contributed by atoms with van der Waals surface area (Å²) in [6.45, 7) is 2.76. The number of carbonyl (C=O) groups is 1. The summed E-state index contributed by atoms with van der Waals surface area (Å²) < 4.78 is 38.9. The quantitative estimate of drug-likeness (QED) is 0.616. The first-order valence-corrected chi connectivity index (χ1v) is 11.0. The van der Waals surface area contributed by atoms with Gasteiger partial charge in [0.25, 0.3) is 5.91 Å². The van der Waals surface area contributed by atoms with Crippen LogP contribution in [0.3, 0.4) is 0 Å². The number of amides is 1. The maximum Gasteiger partial charge on any atom is 0.395 e. The summed E-state index contributed by atoms with van der Waals surface area (Å²) in [6, 6.07) is 15.9. The lowest BCUT2D eigenvalue weighted by Gasteiger charge is -2.40. The van der Waals surface area contributed by atoms with Crippen LogP contribution in [0.4, 0.5) is 18.9 Å². The number of nitriles is 1. The standard InChI is InChI=1S/C25H26F3N3O/c1-17(25(26,27)28)19-4-6-20(7-5-19)24(32)31(22-10-11-22)23-12-14-30(15-13-23)21-8-2-18(16-29)3-9-21/h2-9,17,22-23H,10-15H2,1H3. The zero-order valence-corrected chi connectivity index (χ0v) is 18.0. The van der Waals surface area contributed by atoms with Crippen molar-refractivity contribution in [3.63, 3.8) is 0 Å². The van der Waals surface area contributed by atoms with E-state index in [-0.39, 0.29) is 23.6 Å². The fourth-order valence-corrected chi connectivity index (χ4v) is 4.38. The highest BCUT2D eigenvalue weighted by molar-refractivity contribution is 5.95. The van der Waals surface area contributed by atoms with Crippen molar-refractivity contribution in [3.8, 4) is 6.07 Å². The number of nitrogens with zero attached hydrogens (tertiary/aromatic N) is 3. The molecule has 2 aromatic carbocycles. The predicted molar refractivity (Wildman–Crippen MR) is 116 cm³/mol. The molecule has 0 spiro atoms. The summed E-state index contributed by atoms with van der Waals surface area (Å²) in [7, 11) is 0. The van der Waals surface area contributed by atoms with E-state index in [0.717, 1.165) is 51.4 Å². The molecule has 0 bridgehead atoms. The zero-order chi connectivity index (χ0) is 22.9. The molecule has 1 heterocycles. The molecule has 1 atom stereocenters. The van der Waals surface area contributed by atoms with Crippen LogP contribution in [0.5, 0.6) is 0 Å². The van der Waals surface area contributed by atoms with Crippen LogP contribution in [-0.2, 0) is 0 Å². The Bertz CT molecular complexity index is 983. The number of piperidine rings is 1. The number of anilines is 1. The normalized spacial score (nSPS) is 18.2. The van der Waals surface area contributed by atoms with Gasteiger partial charge in [0.15, 0.2) is 0 Å². The summed E-state index contributed by atoms with van der Waals surface area (Å²) in [5, 5.41) is 8.97. The van der Waals surface area contributed by atoms with Gasteiger partial charge < -0.3 is 9.80 Å². The van der Waals surface area contributed by atoms with Gasteiger partial charge in [-0.3, -0.25) is 4.79 Å². The molecule has 1 unspecified atom stereocenters. The molecule has 32 heavy (non-hydrogen) atoms. The van der Waals surface area contributed by atoms with Crippen molar-refractivity contribution in [2.75, 3.05) is 18.0 Å². The Labute approximate surface area is 186 Å². The van der Waals surface area contributed by atoms with Gasteiger partial charge in [-0.05, 0) is 74.6 Å². The summed E-state index contributed by atoms with van der Waals surface area (Å²) in [5.74, 6) is -1.65. The van der Waals surface area contributed by atoms with Gasteiger partial charge >= 0.3 is 6.18 Å². The Morgan fingerprint density at radius 1 is 1.00 bits per heavy atom. The third-order valence-corrected chi connectivity index (χ3v) is 6.54. The van der Waals surface area contributed by atoms with Gasteiger partial charge in [-0.15, -0.1) is 0 Å². The van der Waals surface area contributed by atoms with Gasteiger partial charge in [0.2, 0.25) is 0 Å². The third-order valence-electron chi connectivity index (χ3n) is 6.54. The van der Waals surface area contributed by atoms with Crippen molar-refractivity contribution in [3.05, 3.63) is 65.2 Å². The van der Waals surface area contributed by atoms with Gasteiger partial charge in [0.1, 0.15) is 0 Å². The molecule has 0 radical (unpaired) electrons. The summed E-state index contributed by atoms with van der Waals surface area (Å²) in [4.78, 5) is 17.5. The van der Waals surface area contributed by atoms with Crippen molar-refractivity contribution in [1.29, 1.82) is 5.26 Å². The van der Waals surface area contributed by atoms with Crippen molar-refractivity contribution in [2.45, 2.75) is 56.8 Å². The second-order valence-corrected chi connectivity index (χ2v) is 8.71. The molecule has 1 saturated carbocycles. The number of alkyl halides is 3. The molecule has 2 aromatic rings. The zero-order valence-electron chi connectivity index (χ0n) is 18.0. The van der Waals surface area contributed by atoms with Gasteiger partial charge in [-0.25, -0.2) is 0 Å². The minimum absolute atomic E-state index is 0.0875. The number of halogens is 3. The maximum absolute atomic E-state index is 13.3. The maximum atomic E-state index is 13.3. The number of hydrogen-bond donors (Lipinski definition) is 0. The fraction of sp³-hybridized carbons (Fsp3) is 0.440. The molecular formula is C25H26F3N3O. The van der Waals surface area contributed by atoms with Gasteiger partial charge in [0, 0.05) is 36.4 Å². The number of hydrogen-bond acceptors (Lipinski definition) is 3. The number of carbonyl (C=O) groups excluding carboxylic acids is 1. The molecule has 168 valence electrons. The van der Waals surface area contributed by atoms with Crippen LogP contribution in [-0.4, -0.2) is 42.2 Å². The minimum atomic E-state index is -4.30. The number of benzene rings is 2. The van der Waals surface area contributed by atoms with E-state index in [1.807, 2.05) is 29.2 Å². The Kier molecular flexibility index (Phi) is 6.14. The first-order valence-electron chi connectivity index (χ1n) is 11.0. The average Bonchev–Trinajstić information content (AvgIpc) is 3.64. The molecule has 4 nitrogen and oxygen atoms in total. The molecule has 1 aliphatic heterocycles. The molecule has 7 heteroatoms. The molecular weight excluding hydrogens is 415 g/mol. The van der Waals surface area contributed by atoms with Crippen LogP contribution in [0, 0.1) is 11.3 Å². The SMILES string of the molecule is CC(c1ccc(C(=O)N(C2CC2)C2CCN(c3ccc(C#N)cc3)CC2)cc1)C(F)(F)F. The molecule has 1 aliphatic carbocycles. The van der Waals surface area contributed by atoms with E-state index in [0.29, 0.717) is 11.1 Å². The smallest absolute Gasteiger partial charge is 0.371 e. The van der Waals surface area contributed by atoms with Crippen LogP contribution < -0.4 is 4.90 Å². The third kappa shape index (κ3) is 4.74. The molecule has 2 aliphatic rings. The number of rotatable bonds is 5. The molecule has 4 rings (SSSR count). The highest BCUT2D eigenvalue weighted by atomic mass is 19.4. The van der Waals surface area contributed by atoms with Crippen LogP contribution >= 0.6 is 0 Å². The largest absolute Gasteiger partial charge is 0.395 e. The Balaban J connectivity index is 1.43. The van der Waals surface area contributed by atoms with Crippen molar-refractivity contribution >= 4 is 11.6 Å². The van der Waals surface area contributed by atoms with Crippen LogP contribution in [0.25, 0.3) is 0 Å². The molecule has 1 amide bonds. The van der Waals surface area contributed by atoms with Crippen LogP contribution in [0.15, 0.2) is 48.5 Å². The van der Waals surface area contributed by atoms with Gasteiger partial charge in [0.05, 0.1) is 17.6 Å². The highest BCUT2D eigenvalue weighted by Gasteiger charge is 2.40. The summed E-state index contributed by atoms with van der Waals surface area (Å²) in [5.41, 5.74) is 2.32. The Morgan fingerprint density at radius 2 is 1.56 bits per heavy atom. The van der Waals surface area contributed by atoms with E-state index in [4.69, 9.17) is 5.26 Å². The lowest BCUT2D eigenvalue weighted by molar-refractivity contribution is -0.146. The fourth-order valence-electron chi connectivity index (χ4n) is 4.38. The molecule has 2 fully saturated rings. The van der Waals surface area contributed by atoms with Crippen molar-refractivity contribution in [2.24, 2.45) is 0 Å². The molecule has 1 saturated heterocycles. The predicted octanol–water partition coefficient (Wildman–Crippen LogP) is 5.50. The first-order chi connectivity index (χ1) is 15.3. The Hall–Kier alpha value is -3.01. The van der Waals surface area contributed by atoms with E-state index in [1.54, 1.807) is 0 Å². The van der Waals surface area contributed by atoms with E-state index in [1.165, 1.54) is 24.3 Å². The molecule has 0 aromatic heterocycles. The van der Waals surface area contributed by atoms with Crippen molar-refractivity contribution in [1.82, 2.24) is 4.90 Å². The first kappa shape index (κ1) is 22.2. The summed E-state index contributed by atoms with van der Waals surface area (Å²) in [6.07, 6.45) is -0.666. The lowest BCUT2D eigenvalue weighted by Crippen LogP contribution is -2.48. The average molecular weight is 441 g/mol. The second kappa shape index (κ2) is 8.85. The van der Waals surface area contributed by atoms with Crippen LogP contribution in [0.2, 0.25) is 0 Å². The highest BCUT2D eigenvalue weighted by Crippen LogP contribution is 2.36. The van der Waals surface area contributed by atoms with E-state index >= 15 is 0 Å². The van der Waals surface area contributed by atoms with E-state index in [9.17, 15) is 18.0 Å². The molecule has 0 N–H and O–H groups in total. The van der Waals surface area contributed by atoms with E-state index < -0.39 is 12.1 Å². The lowest BCUT2D eigenvalue weighted by atomic mass is 9.98. The van der Waals surface area contributed by atoms with Crippen molar-refractivity contribution < 1.29 is 18.0 Å². The van der Waals surface area contributed by atoms with Crippen LogP contribution in [0.1, 0.15) is 60.0 Å². The van der Waals surface area contributed by atoms with E-state index in [2.05, 4.69) is 11.0 Å². The van der Waals surface area contributed by atoms with Gasteiger partial charge in [-0.1, -0.05) is 12.1 Å².